The third-order valence-corrected chi connectivity index (χ3v) is 9.78. The van der Waals surface area contributed by atoms with Crippen LogP contribution in [0.25, 0.3) is 10.9 Å². The number of ketones is 1. The molecule has 2 aromatic rings. The summed E-state index contributed by atoms with van der Waals surface area (Å²) in [5, 5.41) is 0.861. The third-order valence-electron chi connectivity index (χ3n) is 9.78. The van der Waals surface area contributed by atoms with Crippen LogP contribution in [0.1, 0.15) is 87.2 Å². The van der Waals surface area contributed by atoms with E-state index in [2.05, 4.69) is 4.98 Å². The van der Waals surface area contributed by atoms with Gasteiger partial charge in [-0.15, -0.1) is 0 Å². The number of benzene rings is 1. The Bertz CT molecular complexity index is 1200. The van der Waals surface area contributed by atoms with Crippen molar-refractivity contribution in [3.05, 3.63) is 35.5 Å². The summed E-state index contributed by atoms with van der Waals surface area (Å²) in [6.45, 7) is 2.20. The van der Waals surface area contributed by atoms with E-state index in [0.29, 0.717) is 24.8 Å². The number of halogens is 1. The number of esters is 1. The molecule has 0 radical (unpaired) electrons. The Morgan fingerprint density at radius 3 is 2.50 bits per heavy atom. The molecule has 2 saturated carbocycles. The number of likely N-dealkylation sites (tertiary alicyclic amines) is 1. The van der Waals surface area contributed by atoms with E-state index in [0.717, 1.165) is 61.4 Å². The number of nitrogens with zero attached hydrogens (tertiary/aromatic N) is 1. The van der Waals surface area contributed by atoms with Gasteiger partial charge in [-0.05, 0) is 80.5 Å². The van der Waals surface area contributed by atoms with Crippen LogP contribution in [-0.4, -0.2) is 59.5 Å². The molecule has 8 heteroatoms. The maximum absolute atomic E-state index is 14.0. The Morgan fingerprint density at radius 2 is 1.80 bits per heavy atom. The van der Waals surface area contributed by atoms with Gasteiger partial charge in [0.1, 0.15) is 12.4 Å². The number of carbonyl (C=O) groups is 3. The second-order valence-corrected chi connectivity index (χ2v) is 12.2. The second-order valence-electron chi connectivity index (χ2n) is 12.2. The number of aromatic nitrogens is 1. The lowest BCUT2D eigenvalue weighted by molar-refractivity contribution is -0.143. The summed E-state index contributed by atoms with van der Waals surface area (Å²) in [4.78, 5) is 45.1. The van der Waals surface area contributed by atoms with E-state index in [4.69, 9.17) is 10.5 Å². The standard InChI is InChI=1S/C32H44FN3O4/c1-2-40-32(39)28-18-24-16-20(8-13-27(24)35-28)17-29(37)30-25(21-6-4-3-5-7-21)14-15-36(30)31(38)23-11-9-22(10-12-23)26(34)19-33/h8,13,16,18,21-23,25-26,30,35H,2-7,9-12,14-15,17,19,34H2,1H3/t22?,23?,25-,26?,30-/m0/s1. The number of alkyl halides is 1. The zero-order valence-corrected chi connectivity index (χ0v) is 23.7. The zero-order valence-electron chi connectivity index (χ0n) is 23.7. The highest BCUT2D eigenvalue weighted by Gasteiger charge is 2.46. The lowest BCUT2D eigenvalue weighted by Crippen LogP contribution is -2.48. The van der Waals surface area contributed by atoms with Crippen LogP contribution in [0.3, 0.4) is 0 Å². The average molecular weight is 554 g/mol. The molecular formula is C32H44FN3O4. The van der Waals surface area contributed by atoms with E-state index in [9.17, 15) is 18.8 Å². The molecule has 1 amide bonds. The lowest BCUT2D eigenvalue weighted by atomic mass is 9.75. The van der Waals surface area contributed by atoms with Crippen molar-refractivity contribution in [2.45, 2.75) is 89.6 Å². The van der Waals surface area contributed by atoms with Gasteiger partial charge in [-0.1, -0.05) is 38.2 Å². The van der Waals surface area contributed by atoms with Gasteiger partial charge in [-0.3, -0.25) is 9.59 Å². The molecule has 40 heavy (non-hydrogen) atoms. The van der Waals surface area contributed by atoms with Crippen molar-refractivity contribution < 1.29 is 23.5 Å². The topological polar surface area (TPSA) is 105 Å². The molecule has 3 aliphatic rings. The molecule has 1 unspecified atom stereocenters. The molecule has 0 bridgehead atoms. The van der Waals surface area contributed by atoms with Crippen LogP contribution in [-0.2, 0) is 20.7 Å². The molecule has 1 aromatic carbocycles. The first-order valence-electron chi connectivity index (χ1n) is 15.3. The SMILES string of the molecule is CCOC(=O)c1cc2cc(CC(=O)[C@@H]3[C@H](C4CCCCC4)CCN3C(=O)C3CCC(C(N)CF)CC3)ccc2[nH]1. The quantitative estimate of drug-likeness (QED) is 0.407. The molecule has 3 N–H and O–H groups in total. The number of fused-ring (bicyclic) bond motifs is 1. The number of Topliss-reactive ketones (excluding diaryl/α,β-unsaturated/α-hetero) is 1. The molecule has 7 nitrogen and oxygen atoms in total. The van der Waals surface area contributed by atoms with Crippen molar-refractivity contribution in [2.75, 3.05) is 19.8 Å². The van der Waals surface area contributed by atoms with Gasteiger partial charge in [0.15, 0.2) is 5.78 Å². The number of carbonyl (C=O) groups excluding carboxylic acids is 3. The number of nitrogens with one attached hydrogen (secondary N) is 1. The van der Waals surface area contributed by atoms with Crippen molar-refractivity contribution in [3.63, 3.8) is 0 Å². The Morgan fingerprint density at radius 1 is 1.05 bits per heavy atom. The van der Waals surface area contributed by atoms with Crippen molar-refractivity contribution >= 4 is 28.6 Å². The normalized spacial score (nSPS) is 26.6. The summed E-state index contributed by atoms with van der Waals surface area (Å²) < 4.78 is 18.2. The van der Waals surface area contributed by atoms with Crippen LogP contribution < -0.4 is 5.73 Å². The smallest absolute Gasteiger partial charge is 0.354 e. The number of hydrogen-bond donors (Lipinski definition) is 2. The van der Waals surface area contributed by atoms with E-state index < -0.39 is 24.7 Å². The molecule has 0 spiro atoms. The molecule has 1 saturated heterocycles. The van der Waals surface area contributed by atoms with Crippen LogP contribution in [0.15, 0.2) is 24.3 Å². The van der Waals surface area contributed by atoms with Gasteiger partial charge in [0.25, 0.3) is 0 Å². The summed E-state index contributed by atoms with van der Waals surface area (Å²) in [6, 6.07) is 6.72. The number of nitrogens with two attached hydrogens (primary N) is 1. The molecule has 1 aliphatic heterocycles. The monoisotopic (exact) mass is 553 g/mol. The van der Waals surface area contributed by atoms with Crippen molar-refractivity contribution in [1.29, 1.82) is 0 Å². The molecular weight excluding hydrogens is 509 g/mol. The van der Waals surface area contributed by atoms with E-state index in [-0.39, 0.29) is 35.9 Å². The van der Waals surface area contributed by atoms with Gasteiger partial charge in [-0.25, -0.2) is 9.18 Å². The summed E-state index contributed by atoms with van der Waals surface area (Å²) >= 11 is 0. The minimum atomic E-state index is -0.520. The highest BCUT2D eigenvalue weighted by molar-refractivity contribution is 5.96. The number of H-pyrrole nitrogens is 1. The molecule has 1 aromatic heterocycles. The maximum atomic E-state index is 14.0. The fourth-order valence-corrected chi connectivity index (χ4v) is 7.60. The van der Waals surface area contributed by atoms with E-state index >= 15 is 0 Å². The van der Waals surface area contributed by atoms with Crippen molar-refractivity contribution in [3.8, 4) is 0 Å². The first-order chi connectivity index (χ1) is 19.4. The van der Waals surface area contributed by atoms with Gasteiger partial charge >= 0.3 is 5.97 Å². The highest BCUT2D eigenvalue weighted by Crippen LogP contribution is 2.41. The first-order valence-corrected chi connectivity index (χ1v) is 15.3. The average Bonchev–Trinajstić information content (AvgIpc) is 3.62. The van der Waals surface area contributed by atoms with Gasteiger partial charge in [-0.2, -0.15) is 0 Å². The summed E-state index contributed by atoms with van der Waals surface area (Å²) in [7, 11) is 0. The van der Waals surface area contributed by atoms with Crippen LogP contribution in [0.5, 0.6) is 0 Å². The number of amides is 1. The van der Waals surface area contributed by atoms with E-state index in [1.807, 2.05) is 23.1 Å². The predicted octanol–water partition coefficient (Wildman–Crippen LogP) is 5.36. The summed E-state index contributed by atoms with van der Waals surface area (Å²) in [5.74, 6) is 0.526. The van der Waals surface area contributed by atoms with E-state index in [1.54, 1.807) is 13.0 Å². The second kappa shape index (κ2) is 12.8. The highest BCUT2D eigenvalue weighted by atomic mass is 19.1. The predicted molar refractivity (Wildman–Crippen MR) is 153 cm³/mol. The number of aromatic amines is 1. The lowest BCUT2D eigenvalue weighted by Gasteiger charge is -2.37. The Kier molecular flexibility index (Phi) is 9.24. The van der Waals surface area contributed by atoms with Crippen LogP contribution in [0.4, 0.5) is 4.39 Å². The summed E-state index contributed by atoms with van der Waals surface area (Å²) in [6.07, 6.45) is 10.0. The minimum absolute atomic E-state index is 0.101. The van der Waals surface area contributed by atoms with Crippen LogP contribution >= 0.6 is 0 Å². The zero-order chi connectivity index (χ0) is 28.2. The van der Waals surface area contributed by atoms with Gasteiger partial charge in [0, 0.05) is 35.8 Å². The maximum Gasteiger partial charge on any atom is 0.354 e. The third kappa shape index (κ3) is 6.12. The van der Waals surface area contributed by atoms with Gasteiger partial charge in [0.2, 0.25) is 5.91 Å². The van der Waals surface area contributed by atoms with Crippen molar-refractivity contribution in [2.24, 2.45) is 29.4 Å². The van der Waals surface area contributed by atoms with Crippen LogP contribution in [0.2, 0.25) is 0 Å². The van der Waals surface area contributed by atoms with Crippen molar-refractivity contribution in [1.82, 2.24) is 9.88 Å². The number of ether oxygens (including phenoxy) is 1. The Hall–Kier alpha value is -2.74. The summed E-state index contributed by atoms with van der Waals surface area (Å²) in [5.41, 5.74) is 8.05. The Balaban J connectivity index is 1.33. The molecule has 5 rings (SSSR count). The fraction of sp³-hybridized carbons (Fsp3) is 0.656. The molecule has 218 valence electrons. The van der Waals surface area contributed by atoms with Crippen LogP contribution in [0, 0.1) is 23.7 Å². The minimum Gasteiger partial charge on any atom is -0.461 e. The van der Waals surface area contributed by atoms with Gasteiger partial charge in [0.05, 0.1) is 12.6 Å². The molecule has 2 heterocycles. The fourth-order valence-electron chi connectivity index (χ4n) is 7.60. The number of hydrogen-bond acceptors (Lipinski definition) is 5. The first kappa shape index (κ1) is 28.8. The largest absolute Gasteiger partial charge is 0.461 e. The molecule has 3 atom stereocenters. The molecule has 2 aliphatic carbocycles. The number of rotatable bonds is 9. The van der Waals surface area contributed by atoms with Gasteiger partial charge < -0.3 is 20.4 Å². The van der Waals surface area contributed by atoms with E-state index in [1.165, 1.54) is 19.3 Å². The Labute approximate surface area is 236 Å². The molecule has 3 fully saturated rings.